The van der Waals surface area contributed by atoms with Gasteiger partial charge in [-0.15, -0.1) is 0 Å². The molecule has 0 aromatic rings. The number of rotatable bonds is 8. The Morgan fingerprint density at radius 1 is 1.22 bits per heavy atom. The maximum absolute atomic E-state index is 11.6. The summed E-state index contributed by atoms with van der Waals surface area (Å²) in [5.74, 6) is 1.57. The maximum Gasteiger partial charge on any atom is 0.136 e. The highest BCUT2D eigenvalue weighted by molar-refractivity contribution is 5.82. The van der Waals surface area contributed by atoms with Gasteiger partial charge in [-0.1, -0.05) is 13.8 Å². The van der Waals surface area contributed by atoms with Gasteiger partial charge in [0.2, 0.25) is 0 Å². The SMILES string of the molecule is CC(C)CN(CCC1CCCC1=O)CCN(C)C. The molecule has 0 heterocycles. The van der Waals surface area contributed by atoms with Crippen molar-refractivity contribution in [2.75, 3.05) is 40.3 Å². The minimum absolute atomic E-state index is 0.360. The highest BCUT2D eigenvalue weighted by Gasteiger charge is 2.24. The standard InChI is InChI=1S/C15H30N2O/c1-13(2)12-17(11-10-16(3)4)9-8-14-6-5-7-15(14)18/h13-14H,5-12H2,1-4H3. The van der Waals surface area contributed by atoms with Crippen LogP contribution in [0.5, 0.6) is 0 Å². The number of nitrogens with zero attached hydrogens (tertiary/aromatic N) is 2. The first-order chi connectivity index (χ1) is 8.49. The monoisotopic (exact) mass is 254 g/mol. The van der Waals surface area contributed by atoms with Gasteiger partial charge in [0.1, 0.15) is 5.78 Å². The highest BCUT2D eigenvalue weighted by atomic mass is 16.1. The highest BCUT2D eigenvalue weighted by Crippen LogP contribution is 2.24. The number of hydrogen-bond acceptors (Lipinski definition) is 3. The second kappa shape index (κ2) is 7.90. The molecular weight excluding hydrogens is 224 g/mol. The fourth-order valence-electron chi connectivity index (χ4n) is 2.68. The molecule has 0 spiro atoms. The van der Waals surface area contributed by atoms with Crippen molar-refractivity contribution < 1.29 is 4.79 Å². The van der Waals surface area contributed by atoms with E-state index in [0.29, 0.717) is 17.6 Å². The zero-order chi connectivity index (χ0) is 13.5. The van der Waals surface area contributed by atoms with E-state index in [1.54, 1.807) is 0 Å². The second-order valence-corrected chi connectivity index (χ2v) is 6.34. The molecule has 0 amide bonds. The normalized spacial score (nSPS) is 20.6. The Labute approximate surface area is 113 Å². The lowest BCUT2D eigenvalue weighted by Crippen LogP contribution is -2.36. The Balaban J connectivity index is 2.32. The minimum Gasteiger partial charge on any atom is -0.308 e. The van der Waals surface area contributed by atoms with Gasteiger partial charge in [-0.3, -0.25) is 4.79 Å². The van der Waals surface area contributed by atoms with Crippen LogP contribution in [0.1, 0.15) is 39.5 Å². The van der Waals surface area contributed by atoms with Gasteiger partial charge in [0.25, 0.3) is 0 Å². The summed E-state index contributed by atoms with van der Waals surface area (Å²) >= 11 is 0. The summed E-state index contributed by atoms with van der Waals surface area (Å²) < 4.78 is 0. The Morgan fingerprint density at radius 2 is 1.94 bits per heavy atom. The summed E-state index contributed by atoms with van der Waals surface area (Å²) in [5, 5.41) is 0. The van der Waals surface area contributed by atoms with Crippen LogP contribution in [0.2, 0.25) is 0 Å². The first kappa shape index (κ1) is 15.6. The summed E-state index contributed by atoms with van der Waals surface area (Å²) in [4.78, 5) is 16.4. The van der Waals surface area contributed by atoms with Crippen molar-refractivity contribution in [1.82, 2.24) is 9.80 Å². The number of carbonyl (C=O) groups excluding carboxylic acids is 1. The van der Waals surface area contributed by atoms with Crippen molar-refractivity contribution in [3.8, 4) is 0 Å². The molecule has 0 bridgehead atoms. The number of carbonyl (C=O) groups is 1. The number of likely N-dealkylation sites (N-methyl/N-ethyl adjacent to an activating group) is 1. The molecule has 1 saturated carbocycles. The molecule has 18 heavy (non-hydrogen) atoms. The molecule has 3 nitrogen and oxygen atoms in total. The molecule has 0 aromatic heterocycles. The summed E-state index contributed by atoms with van der Waals surface area (Å²) in [6.45, 7) is 8.99. The summed E-state index contributed by atoms with van der Waals surface area (Å²) in [6, 6.07) is 0. The average Bonchev–Trinajstić information content (AvgIpc) is 2.67. The third kappa shape index (κ3) is 5.96. The van der Waals surface area contributed by atoms with Gasteiger partial charge in [0.15, 0.2) is 0 Å². The number of ketones is 1. The Kier molecular flexibility index (Phi) is 6.87. The van der Waals surface area contributed by atoms with Crippen molar-refractivity contribution in [3.05, 3.63) is 0 Å². The van der Waals surface area contributed by atoms with Crippen LogP contribution in [0.25, 0.3) is 0 Å². The molecule has 0 N–H and O–H groups in total. The Bertz CT molecular complexity index is 251. The van der Waals surface area contributed by atoms with E-state index in [-0.39, 0.29) is 0 Å². The van der Waals surface area contributed by atoms with E-state index in [2.05, 4.69) is 37.7 Å². The topological polar surface area (TPSA) is 23.6 Å². The first-order valence-corrected chi connectivity index (χ1v) is 7.39. The number of hydrogen-bond donors (Lipinski definition) is 0. The molecule has 0 aromatic carbocycles. The van der Waals surface area contributed by atoms with Gasteiger partial charge in [-0.25, -0.2) is 0 Å². The smallest absolute Gasteiger partial charge is 0.136 e. The Hall–Kier alpha value is -0.410. The fourth-order valence-corrected chi connectivity index (χ4v) is 2.68. The van der Waals surface area contributed by atoms with E-state index in [4.69, 9.17) is 0 Å². The zero-order valence-electron chi connectivity index (χ0n) is 12.6. The van der Waals surface area contributed by atoms with Crippen LogP contribution in [-0.4, -0.2) is 55.9 Å². The van der Waals surface area contributed by atoms with Crippen LogP contribution in [0.15, 0.2) is 0 Å². The third-order valence-electron chi connectivity index (χ3n) is 3.71. The van der Waals surface area contributed by atoms with Crippen molar-refractivity contribution >= 4 is 5.78 Å². The quantitative estimate of drug-likeness (QED) is 0.664. The largest absolute Gasteiger partial charge is 0.308 e. The van der Waals surface area contributed by atoms with E-state index < -0.39 is 0 Å². The van der Waals surface area contributed by atoms with Crippen molar-refractivity contribution in [3.63, 3.8) is 0 Å². The van der Waals surface area contributed by atoms with Crippen LogP contribution in [0.3, 0.4) is 0 Å². The van der Waals surface area contributed by atoms with E-state index >= 15 is 0 Å². The second-order valence-electron chi connectivity index (χ2n) is 6.34. The van der Waals surface area contributed by atoms with Gasteiger partial charge >= 0.3 is 0 Å². The minimum atomic E-state index is 0.360. The van der Waals surface area contributed by atoms with Crippen molar-refractivity contribution in [2.24, 2.45) is 11.8 Å². The molecule has 1 unspecified atom stereocenters. The lowest BCUT2D eigenvalue weighted by Gasteiger charge is -2.26. The summed E-state index contributed by atoms with van der Waals surface area (Å²) in [6.07, 6.45) is 4.14. The molecule has 1 aliphatic carbocycles. The predicted molar refractivity (Wildman–Crippen MR) is 76.8 cm³/mol. The molecule has 1 fully saturated rings. The average molecular weight is 254 g/mol. The fraction of sp³-hybridized carbons (Fsp3) is 0.933. The van der Waals surface area contributed by atoms with Gasteiger partial charge in [0.05, 0.1) is 0 Å². The van der Waals surface area contributed by atoms with E-state index in [1.807, 2.05) is 0 Å². The molecule has 106 valence electrons. The van der Waals surface area contributed by atoms with Crippen molar-refractivity contribution in [1.29, 1.82) is 0 Å². The summed E-state index contributed by atoms with van der Waals surface area (Å²) in [5.41, 5.74) is 0. The molecule has 1 atom stereocenters. The number of Topliss-reactive ketones (excluding diaryl/α,β-unsaturated/α-hetero) is 1. The lowest BCUT2D eigenvalue weighted by atomic mass is 10.0. The van der Waals surface area contributed by atoms with E-state index in [0.717, 1.165) is 51.9 Å². The molecule has 0 saturated heterocycles. The first-order valence-electron chi connectivity index (χ1n) is 7.39. The maximum atomic E-state index is 11.6. The van der Waals surface area contributed by atoms with E-state index in [9.17, 15) is 4.79 Å². The third-order valence-corrected chi connectivity index (χ3v) is 3.71. The van der Waals surface area contributed by atoms with Crippen LogP contribution >= 0.6 is 0 Å². The molecule has 1 rings (SSSR count). The van der Waals surface area contributed by atoms with Gasteiger partial charge < -0.3 is 9.80 Å². The van der Waals surface area contributed by atoms with E-state index in [1.165, 1.54) is 0 Å². The molecular formula is C15H30N2O. The van der Waals surface area contributed by atoms with Crippen LogP contribution in [-0.2, 0) is 4.79 Å². The van der Waals surface area contributed by atoms with Gasteiger partial charge in [-0.2, -0.15) is 0 Å². The molecule has 0 radical (unpaired) electrons. The zero-order valence-corrected chi connectivity index (χ0v) is 12.6. The van der Waals surface area contributed by atoms with Crippen molar-refractivity contribution in [2.45, 2.75) is 39.5 Å². The van der Waals surface area contributed by atoms with Gasteiger partial charge in [-0.05, 0) is 45.8 Å². The molecule has 0 aliphatic heterocycles. The van der Waals surface area contributed by atoms with Gasteiger partial charge in [0, 0.05) is 32.0 Å². The van der Waals surface area contributed by atoms with Crippen LogP contribution < -0.4 is 0 Å². The van der Waals surface area contributed by atoms with Crippen LogP contribution in [0.4, 0.5) is 0 Å². The van der Waals surface area contributed by atoms with Crippen LogP contribution in [0, 0.1) is 11.8 Å². The lowest BCUT2D eigenvalue weighted by molar-refractivity contribution is -0.120. The Morgan fingerprint density at radius 3 is 2.44 bits per heavy atom. The molecule has 3 heteroatoms. The molecule has 1 aliphatic rings. The summed E-state index contributed by atoms with van der Waals surface area (Å²) in [7, 11) is 4.24. The predicted octanol–water partition coefficient (Wildman–Crippen LogP) is 2.27.